The Labute approximate surface area is 165 Å². The van der Waals surface area contributed by atoms with Crippen LogP contribution in [0.15, 0.2) is 42.6 Å². The molecule has 12 heteroatoms. The molecule has 0 radical (unpaired) electrons. The van der Waals surface area contributed by atoms with E-state index in [1.165, 1.54) is 42.6 Å². The number of thiazole rings is 1. The Morgan fingerprint density at radius 2 is 1.72 bits per heavy atom. The predicted octanol–water partition coefficient (Wildman–Crippen LogP) is 4.30. The van der Waals surface area contributed by atoms with E-state index in [1.54, 1.807) is 0 Å². The minimum atomic E-state index is -2.98. The fourth-order valence-electron chi connectivity index (χ4n) is 2.21. The second-order valence-corrected chi connectivity index (χ2v) is 6.35. The number of ether oxygens (including phenoxy) is 2. The molecule has 0 amide bonds. The van der Waals surface area contributed by atoms with Crippen molar-refractivity contribution in [3.63, 3.8) is 0 Å². The number of ketones is 1. The number of carbonyl (C=O) groups excluding carboxylic acids is 1. The van der Waals surface area contributed by atoms with Gasteiger partial charge in [-0.05, 0) is 30.3 Å². The molecule has 0 unspecified atom stereocenters. The molecule has 3 rings (SSSR count). The van der Waals surface area contributed by atoms with Gasteiger partial charge in [0, 0.05) is 11.6 Å². The molecule has 0 bridgehead atoms. The van der Waals surface area contributed by atoms with Crippen LogP contribution in [0.3, 0.4) is 0 Å². The van der Waals surface area contributed by atoms with Gasteiger partial charge >= 0.3 is 13.2 Å². The lowest BCUT2D eigenvalue weighted by Gasteiger charge is -2.05. The summed E-state index contributed by atoms with van der Waals surface area (Å²) in [5.41, 5.74) is 6.43. The minimum Gasteiger partial charge on any atom is -0.435 e. The summed E-state index contributed by atoms with van der Waals surface area (Å²) in [7, 11) is 0. The smallest absolute Gasteiger partial charge is 0.388 e. The number of aromatic nitrogens is 2. The van der Waals surface area contributed by atoms with E-state index in [0.717, 1.165) is 11.3 Å². The molecule has 3 N–H and O–H groups in total. The second kappa shape index (κ2) is 8.73. The van der Waals surface area contributed by atoms with Crippen LogP contribution in [0.2, 0.25) is 0 Å². The van der Waals surface area contributed by atoms with Crippen molar-refractivity contribution in [1.29, 1.82) is 0 Å². The topological polar surface area (TPSA) is 99.4 Å². The number of hydrogen-bond donors (Lipinski definition) is 2. The van der Waals surface area contributed by atoms with Crippen LogP contribution < -0.4 is 20.5 Å². The molecule has 0 atom stereocenters. The molecule has 0 saturated heterocycles. The molecule has 2 aromatic heterocycles. The molecular formula is C17H12F4N4O3S. The second-order valence-electron chi connectivity index (χ2n) is 5.35. The largest absolute Gasteiger partial charge is 0.435 e. The van der Waals surface area contributed by atoms with Gasteiger partial charge in [0.05, 0.1) is 11.9 Å². The molecule has 0 aliphatic carbocycles. The Kier molecular flexibility index (Phi) is 6.12. The normalized spacial score (nSPS) is 11.0. The van der Waals surface area contributed by atoms with Gasteiger partial charge in [-0.1, -0.05) is 11.3 Å². The Morgan fingerprint density at radius 3 is 2.31 bits per heavy atom. The van der Waals surface area contributed by atoms with E-state index in [0.29, 0.717) is 5.69 Å². The van der Waals surface area contributed by atoms with Gasteiger partial charge in [-0.15, -0.1) is 0 Å². The van der Waals surface area contributed by atoms with E-state index in [-0.39, 0.29) is 33.0 Å². The van der Waals surface area contributed by atoms with Crippen molar-refractivity contribution in [1.82, 2.24) is 9.97 Å². The molecule has 0 aliphatic heterocycles. The van der Waals surface area contributed by atoms with Crippen LogP contribution in [0, 0.1) is 0 Å². The number of nitrogen functional groups attached to an aromatic ring is 1. The zero-order valence-electron chi connectivity index (χ0n) is 14.3. The first-order valence-corrected chi connectivity index (χ1v) is 8.67. The molecule has 7 nitrogen and oxygen atoms in total. The highest BCUT2D eigenvalue weighted by molar-refractivity contribution is 7.18. The average Bonchev–Trinajstić information content (AvgIpc) is 3.02. The predicted molar refractivity (Wildman–Crippen MR) is 97.2 cm³/mol. The number of hydrogen-bond acceptors (Lipinski definition) is 8. The SMILES string of the molecule is Nc1nc(Nc2ccc(OC(F)F)nc2)sc1C(=O)c1ccc(OC(F)F)cc1. The summed E-state index contributed by atoms with van der Waals surface area (Å²) >= 11 is 0.960. The monoisotopic (exact) mass is 428 g/mol. The zero-order valence-corrected chi connectivity index (χ0v) is 15.1. The van der Waals surface area contributed by atoms with Crippen molar-refractivity contribution in [2.45, 2.75) is 13.2 Å². The quantitative estimate of drug-likeness (QED) is 0.408. The van der Waals surface area contributed by atoms with Crippen molar-refractivity contribution in [2.24, 2.45) is 0 Å². The van der Waals surface area contributed by atoms with Gasteiger partial charge in [-0.3, -0.25) is 4.79 Å². The highest BCUT2D eigenvalue weighted by Crippen LogP contribution is 2.30. The Hall–Kier alpha value is -3.41. The molecule has 0 fully saturated rings. The van der Waals surface area contributed by atoms with Crippen molar-refractivity contribution in [3.8, 4) is 11.6 Å². The summed E-state index contributed by atoms with van der Waals surface area (Å²) in [6.07, 6.45) is 1.25. The van der Waals surface area contributed by atoms with E-state index in [9.17, 15) is 22.4 Å². The van der Waals surface area contributed by atoms with E-state index < -0.39 is 19.0 Å². The van der Waals surface area contributed by atoms with Gasteiger partial charge in [-0.2, -0.15) is 17.6 Å². The Balaban J connectivity index is 1.71. The van der Waals surface area contributed by atoms with Gasteiger partial charge < -0.3 is 20.5 Å². The standard InChI is InChI=1S/C17H12F4N4O3S/c18-15(19)27-10-4-1-8(2-5-10)12(26)13-14(22)25-17(29-13)24-9-3-6-11(23-7-9)28-16(20)21/h1-7,15-16H,22H2,(H,24,25). The van der Waals surface area contributed by atoms with Crippen LogP contribution in [0.1, 0.15) is 15.2 Å². The number of rotatable bonds is 8. The third-order valence-corrected chi connectivity index (χ3v) is 4.38. The first kappa shape index (κ1) is 20.3. The maximum absolute atomic E-state index is 12.6. The average molecular weight is 428 g/mol. The lowest BCUT2D eigenvalue weighted by Crippen LogP contribution is -2.04. The van der Waals surface area contributed by atoms with Crippen molar-refractivity contribution < 1.29 is 31.8 Å². The summed E-state index contributed by atoms with van der Waals surface area (Å²) in [4.78, 5) is 20.5. The van der Waals surface area contributed by atoms with Crippen LogP contribution in [0.25, 0.3) is 0 Å². The van der Waals surface area contributed by atoms with Crippen LogP contribution in [-0.2, 0) is 0 Å². The summed E-state index contributed by atoms with van der Waals surface area (Å²) in [6, 6.07) is 7.82. The van der Waals surface area contributed by atoms with Crippen molar-refractivity contribution >= 4 is 33.8 Å². The first-order chi connectivity index (χ1) is 13.8. The van der Waals surface area contributed by atoms with Crippen LogP contribution in [-0.4, -0.2) is 29.0 Å². The van der Waals surface area contributed by atoms with E-state index in [2.05, 4.69) is 24.8 Å². The molecule has 29 heavy (non-hydrogen) atoms. The third kappa shape index (κ3) is 5.31. The van der Waals surface area contributed by atoms with Crippen molar-refractivity contribution in [3.05, 3.63) is 53.0 Å². The summed E-state index contributed by atoms with van der Waals surface area (Å²) in [6.45, 7) is -5.95. The van der Waals surface area contributed by atoms with Gasteiger partial charge in [0.25, 0.3) is 0 Å². The number of nitrogens with one attached hydrogen (secondary N) is 1. The number of halogens is 4. The van der Waals surface area contributed by atoms with E-state index in [4.69, 9.17) is 5.73 Å². The van der Waals surface area contributed by atoms with Crippen LogP contribution in [0.5, 0.6) is 11.6 Å². The maximum Gasteiger partial charge on any atom is 0.388 e. The lowest BCUT2D eigenvalue weighted by atomic mass is 10.1. The highest BCUT2D eigenvalue weighted by Gasteiger charge is 2.18. The van der Waals surface area contributed by atoms with E-state index in [1.807, 2.05) is 0 Å². The van der Waals surface area contributed by atoms with E-state index >= 15 is 0 Å². The third-order valence-electron chi connectivity index (χ3n) is 3.40. The molecule has 0 saturated carbocycles. The Bertz CT molecular complexity index is 981. The Morgan fingerprint density at radius 1 is 1.03 bits per heavy atom. The number of anilines is 3. The van der Waals surface area contributed by atoms with Gasteiger partial charge in [0.2, 0.25) is 11.7 Å². The number of nitrogens with two attached hydrogens (primary N) is 1. The number of alkyl halides is 4. The summed E-state index contributed by atoms with van der Waals surface area (Å²) < 4.78 is 57.0. The van der Waals surface area contributed by atoms with Gasteiger partial charge in [0.1, 0.15) is 16.4 Å². The molecule has 0 aliphatic rings. The van der Waals surface area contributed by atoms with Crippen LogP contribution >= 0.6 is 11.3 Å². The fraction of sp³-hybridized carbons (Fsp3) is 0.118. The first-order valence-electron chi connectivity index (χ1n) is 7.85. The summed E-state index contributed by atoms with van der Waals surface area (Å²) in [5, 5.41) is 3.12. The highest BCUT2D eigenvalue weighted by atomic mass is 32.1. The number of benzene rings is 1. The molecule has 2 heterocycles. The minimum absolute atomic E-state index is 0.0268. The van der Waals surface area contributed by atoms with Gasteiger partial charge in [0.15, 0.2) is 5.13 Å². The molecule has 3 aromatic rings. The summed E-state index contributed by atoms with van der Waals surface area (Å²) in [5.74, 6) is -0.807. The molecule has 152 valence electrons. The molecule has 1 aromatic carbocycles. The number of pyridine rings is 1. The fourth-order valence-corrected chi connectivity index (χ4v) is 3.07. The molecule has 0 spiro atoms. The molecular weight excluding hydrogens is 416 g/mol. The number of carbonyl (C=O) groups is 1. The van der Waals surface area contributed by atoms with Crippen LogP contribution in [0.4, 0.5) is 34.2 Å². The zero-order chi connectivity index (χ0) is 21.0. The lowest BCUT2D eigenvalue weighted by molar-refractivity contribution is -0.0529. The van der Waals surface area contributed by atoms with Gasteiger partial charge in [-0.25, -0.2) is 9.97 Å². The number of nitrogens with zero attached hydrogens (tertiary/aromatic N) is 2. The van der Waals surface area contributed by atoms with Crippen molar-refractivity contribution in [2.75, 3.05) is 11.1 Å². The maximum atomic E-state index is 12.6.